The predicted molar refractivity (Wildman–Crippen MR) is 71.5 cm³/mol. The summed E-state index contributed by atoms with van der Waals surface area (Å²) in [5, 5.41) is 0. The van der Waals surface area contributed by atoms with E-state index in [1.807, 2.05) is 18.2 Å². The minimum absolute atomic E-state index is 0.924. The lowest BCUT2D eigenvalue weighted by atomic mass is 10.2. The Balaban J connectivity index is 1.94. The molecule has 2 aromatic rings. The van der Waals surface area contributed by atoms with Crippen LogP contribution in [0.2, 0.25) is 0 Å². The average Bonchev–Trinajstić information content (AvgIpc) is 2.82. The second-order valence-electron chi connectivity index (χ2n) is 3.91. The highest BCUT2D eigenvalue weighted by atomic mass is 32.2. The van der Waals surface area contributed by atoms with Gasteiger partial charge in [0.15, 0.2) is 0 Å². The molecule has 0 N–H and O–H groups in total. The number of methoxy groups -OCH3 is 1. The van der Waals surface area contributed by atoms with Gasteiger partial charge in [-0.05, 0) is 35.7 Å². The predicted octanol–water partition coefficient (Wildman–Crippen LogP) is 3.72. The molecule has 0 unspecified atom stereocenters. The third-order valence-electron chi connectivity index (χ3n) is 2.85. The van der Waals surface area contributed by atoms with Gasteiger partial charge in [0, 0.05) is 4.90 Å². The van der Waals surface area contributed by atoms with E-state index in [1.165, 1.54) is 10.5 Å². The molecule has 0 aromatic heterocycles. The van der Waals surface area contributed by atoms with Gasteiger partial charge in [0.2, 0.25) is 0 Å². The molecule has 0 atom stereocenters. The maximum atomic E-state index is 5.40. The van der Waals surface area contributed by atoms with Crippen molar-refractivity contribution in [3.8, 4) is 5.75 Å². The molecule has 0 amide bonds. The Morgan fingerprint density at radius 2 is 1.82 bits per heavy atom. The number of benzene rings is 2. The van der Waals surface area contributed by atoms with E-state index in [9.17, 15) is 0 Å². The van der Waals surface area contributed by atoms with Crippen LogP contribution in [0.1, 0.15) is 5.56 Å². The molecule has 2 nitrogen and oxygen atoms in total. The summed E-state index contributed by atoms with van der Waals surface area (Å²) in [5.41, 5.74) is 2.51. The number of rotatable bonds is 2. The van der Waals surface area contributed by atoms with Gasteiger partial charge in [0.05, 0.1) is 19.3 Å². The van der Waals surface area contributed by atoms with Crippen molar-refractivity contribution in [1.29, 1.82) is 0 Å². The monoisotopic (exact) mass is 243 g/mol. The van der Waals surface area contributed by atoms with E-state index in [2.05, 4.69) is 34.6 Å². The van der Waals surface area contributed by atoms with Gasteiger partial charge >= 0.3 is 0 Å². The third kappa shape index (κ3) is 1.87. The molecule has 86 valence electrons. The van der Waals surface area contributed by atoms with Crippen LogP contribution < -0.4 is 9.04 Å². The largest absolute Gasteiger partial charge is 0.495 e. The van der Waals surface area contributed by atoms with Crippen LogP contribution in [0.5, 0.6) is 5.75 Å². The molecule has 2 aromatic carbocycles. The Morgan fingerprint density at radius 1 is 1.06 bits per heavy atom. The summed E-state index contributed by atoms with van der Waals surface area (Å²) in [6, 6.07) is 16.6. The van der Waals surface area contributed by atoms with Gasteiger partial charge in [-0.25, -0.2) is 0 Å². The molecule has 0 saturated carbocycles. The number of fused-ring (bicyclic) bond motifs is 1. The van der Waals surface area contributed by atoms with Crippen LogP contribution in [-0.4, -0.2) is 7.11 Å². The molecular weight excluding hydrogens is 230 g/mol. The van der Waals surface area contributed by atoms with Crippen LogP contribution >= 0.6 is 11.9 Å². The Bertz CT molecular complexity index is 516. The normalized spacial score (nSPS) is 13.6. The number of anilines is 1. The van der Waals surface area contributed by atoms with Crippen LogP contribution in [0.3, 0.4) is 0 Å². The van der Waals surface area contributed by atoms with Crippen LogP contribution in [0.25, 0.3) is 0 Å². The lowest BCUT2D eigenvalue weighted by Gasteiger charge is -2.18. The topological polar surface area (TPSA) is 12.5 Å². The standard InChI is InChI=1S/C14H13NOS/c1-16-13-8-4-3-7-12(13)15-10-11-6-2-5-9-14(11)17-15/h2-9H,10H2,1H3. The SMILES string of the molecule is COc1ccccc1N1Cc2ccccc2S1. The molecule has 0 aliphatic carbocycles. The van der Waals surface area contributed by atoms with Gasteiger partial charge in [0.25, 0.3) is 0 Å². The average molecular weight is 243 g/mol. The summed E-state index contributed by atoms with van der Waals surface area (Å²) in [7, 11) is 1.71. The van der Waals surface area contributed by atoms with E-state index in [-0.39, 0.29) is 0 Å². The zero-order valence-corrected chi connectivity index (χ0v) is 10.4. The second-order valence-corrected chi connectivity index (χ2v) is 4.97. The first-order chi connectivity index (χ1) is 8.38. The van der Waals surface area contributed by atoms with Gasteiger partial charge < -0.3 is 9.04 Å². The number of hydrogen-bond acceptors (Lipinski definition) is 3. The molecule has 0 fully saturated rings. The quantitative estimate of drug-likeness (QED) is 0.746. The highest BCUT2D eigenvalue weighted by Gasteiger charge is 2.21. The van der Waals surface area contributed by atoms with Gasteiger partial charge in [-0.1, -0.05) is 30.3 Å². The summed E-state index contributed by atoms with van der Waals surface area (Å²) in [6.07, 6.45) is 0. The van der Waals surface area contributed by atoms with Crippen LogP contribution in [0, 0.1) is 0 Å². The Labute approximate surface area is 105 Å². The fourth-order valence-corrected chi connectivity index (χ4v) is 3.08. The third-order valence-corrected chi connectivity index (χ3v) is 3.99. The second kappa shape index (κ2) is 4.34. The van der Waals surface area contributed by atoms with Crippen molar-refractivity contribution in [3.63, 3.8) is 0 Å². The highest BCUT2D eigenvalue weighted by molar-refractivity contribution is 8.01. The van der Waals surface area contributed by atoms with Crippen molar-refractivity contribution in [2.45, 2.75) is 11.4 Å². The first-order valence-electron chi connectivity index (χ1n) is 5.55. The molecule has 0 radical (unpaired) electrons. The molecule has 0 spiro atoms. The fraction of sp³-hybridized carbons (Fsp3) is 0.143. The summed E-state index contributed by atoms with van der Waals surface area (Å²) in [6.45, 7) is 0.932. The molecule has 0 bridgehead atoms. The van der Waals surface area contributed by atoms with Gasteiger partial charge in [-0.15, -0.1) is 0 Å². The summed E-state index contributed by atoms with van der Waals surface area (Å²) < 4.78 is 7.67. The molecule has 17 heavy (non-hydrogen) atoms. The van der Waals surface area contributed by atoms with Gasteiger partial charge in [0.1, 0.15) is 5.75 Å². The molecule has 3 heteroatoms. The molecule has 1 aliphatic rings. The Morgan fingerprint density at radius 3 is 2.65 bits per heavy atom. The minimum atomic E-state index is 0.924. The first-order valence-corrected chi connectivity index (χ1v) is 6.32. The van der Waals surface area contributed by atoms with Crippen molar-refractivity contribution in [3.05, 3.63) is 54.1 Å². The van der Waals surface area contributed by atoms with Crippen molar-refractivity contribution < 1.29 is 4.74 Å². The maximum absolute atomic E-state index is 5.40. The molecule has 1 heterocycles. The van der Waals surface area contributed by atoms with Crippen molar-refractivity contribution in [2.75, 3.05) is 11.4 Å². The Kier molecular flexibility index (Phi) is 2.69. The number of hydrogen-bond donors (Lipinski definition) is 0. The summed E-state index contributed by atoms with van der Waals surface area (Å²) in [4.78, 5) is 1.33. The lowest BCUT2D eigenvalue weighted by Crippen LogP contribution is -2.08. The highest BCUT2D eigenvalue weighted by Crippen LogP contribution is 2.42. The van der Waals surface area contributed by atoms with Crippen molar-refractivity contribution in [1.82, 2.24) is 0 Å². The summed E-state index contributed by atoms with van der Waals surface area (Å²) in [5.74, 6) is 0.924. The van der Waals surface area contributed by atoms with Crippen LogP contribution in [0.15, 0.2) is 53.4 Å². The van der Waals surface area contributed by atoms with Gasteiger partial charge in [-0.2, -0.15) is 0 Å². The van der Waals surface area contributed by atoms with Crippen LogP contribution in [0.4, 0.5) is 5.69 Å². The number of para-hydroxylation sites is 2. The molecule has 1 aliphatic heterocycles. The zero-order valence-electron chi connectivity index (χ0n) is 9.59. The lowest BCUT2D eigenvalue weighted by molar-refractivity contribution is 0.416. The smallest absolute Gasteiger partial charge is 0.143 e. The molecule has 0 saturated heterocycles. The van der Waals surface area contributed by atoms with E-state index in [0.29, 0.717) is 0 Å². The molecular formula is C14H13NOS. The van der Waals surface area contributed by atoms with Crippen molar-refractivity contribution >= 4 is 17.6 Å². The van der Waals surface area contributed by atoms with E-state index in [1.54, 1.807) is 19.1 Å². The fourth-order valence-electron chi connectivity index (χ4n) is 2.00. The summed E-state index contributed by atoms with van der Waals surface area (Å²) >= 11 is 1.77. The van der Waals surface area contributed by atoms with E-state index < -0.39 is 0 Å². The molecule has 3 rings (SSSR count). The maximum Gasteiger partial charge on any atom is 0.143 e. The zero-order chi connectivity index (χ0) is 11.7. The van der Waals surface area contributed by atoms with E-state index in [4.69, 9.17) is 4.74 Å². The minimum Gasteiger partial charge on any atom is -0.495 e. The van der Waals surface area contributed by atoms with Crippen molar-refractivity contribution in [2.24, 2.45) is 0 Å². The number of nitrogens with zero attached hydrogens (tertiary/aromatic N) is 1. The van der Waals surface area contributed by atoms with E-state index >= 15 is 0 Å². The van der Waals surface area contributed by atoms with E-state index in [0.717, 1.165) is 18.0 Å². The Hall–Kier alpha value is -1.61. The van der Waals surface area contributed by atoms with Gasteiger partial charge in [-0.3, -0.25) is 0 Å². The number of ether oxygens (including phenoxy) is 1. The van der Waals surface area contributed by atoms with Crippen LogP contribution in [-0.2, 0) is 6.54 Å². The first kappa shape index (κ1) is 10.5.